The molecule has 0 radical (unpaired) electrons. The van der Waals surface area contributed by atoms with E-state index in [0.717, 1.165) is 21.9 Å². The molecule has 2 rings (SSSR count). The Kier molecular flexibility index (Phi) is 5.61. The van der Waals surface area contributed by atoms with E-state index >= 15 is 0 Å². The summed E-state index contributed by atoms with van der Waals surface area (Å²) in [5.41, 5.74) is 0.632. The van der Waals surface area contributed by atoms with Crippen molar-refractivity contribution in [3.05, 3.63) is 47.3 Å². The third-order valence-corrected chi connectivity index (χ3v) is 7.08. The van der Waals surface area contributed by atoms with Crippen LogP contribution in [-0.2, 0) is 20.0 Å². The number of anilines is 1. The second kappa shape index (κ2) is 7.31. The molecule has 1 aromatic heterocycles. The van der Waals surface area contributed by atoms with Crippen LogP contribution in [0.2, 0.25) is 0 Å². The number of rotatable bonds is 7. The molecule has 7 nitrogen and oxygen atoms in total. The molecule has 1 N–H and O–H groups in total. The van der Waals surface area contributed by atoms with Gasteiger partial charge in [-0.05, 0) is 29.6 Å². The maximum absolute atomic E-state index is 12.0. The van der Waals surface area contributed by atoms with Crippen LogP contribution in [0, 0.1) is 11.3 Å². The molecule has 2 aromatic rings. The minimum atomic E-state index is -3.66. The van der Waals surface area contributed by atoms with Gasteiger partial charge in [-0.3, -0.25) is 4.31 Å². The summed E-state index contributed by atoms with van der Waals surface area (Å²) < 4.78 is 51.7. The Balaban J connectivity index is 2.15. The quantitative estimate of drug-likeness (QED) is 0.774. The summed E-state index contributed by atoms with van der Waals surface area (Å²) in [6.07, 6.45) is 1.03. The molecule has 10 heteroatoms. The van der Waals surface area contributed by atoms with Gasteiger partial charge in [-0.2, -0.15) is 5.26 Å². The Morgan fingerprint density at radius 1 is 1.21 bits per heavy atom. The lowest BCUT2D eigenvalue weighted by Gasteiger charge is -2.22. The summed E-state index contributed by atoms with van der Waals surface area (Å²) in [4.78, 5) is 0. The minimum Gasteiger partial charge on any atom is -0.269 e. The number of nitrogens with one attached hydrogen (secondary N) is 1. The Labute approximate surface area is 145 Å². The van der Waals surface area contributed by atoms with E-state index < -0.39 is 20.0 Å². The predicted octanol–water partition coefficient (Wildman–Crippen LogP) is 1.36. The Bertz CT molecular complexity index is 945. The smallest absolute Gasteiger partial charge is 0.250 e. The average molecular weight is 385 g/mol. The van der Waals surface area contributed by atoms with Crippen molar-refractivity contribution < 1.29 is 16.8 Å². The van der Waals surface area contributed by atoms with Crippen LogP contribution in [-0.4, -0.2) is 36.2 Å². The first-order valence-corrected chi connectivity index (χ1v) is 11.0. The first-order chi connectivity index (χ1) is 11.2. The van der Waals surface area contributed by atoms with Crippen LogP contribution in [0.15, 0.2) is 46.0 Å². The fourth-order valence-corrected chi connectivity index (χ4v) is 4.96. The predicted molar refractivity (Wildman–Crippen MR) is 92.9 cm³/mol. The van der Waals surface area contributed by atoms with Gasteiger partial charge in [0.2, 0.25) is 20.0 Å². The first kappa shape index (κ1) is 18.4. The molecule has 128 valence electrons. The Hall–Kier alpha value is -1.93. The lowest BCUT2D eigenvalue weighted by atomic mass is 10.2. The summed E-state index contributed by atoms with van der Waals surface area (Å²) >= 11 is 1.08. The molecule has 0 saturated carbocycles. The zero-order valence-electron chi connectivity index (χ0n) is 12.7. The number of hydrogen-bond acceptors (Lipinski definition) is 6. The van der Waals surface area contributed by atoms with Gasteiger partial charge in [-0.15, -0.1) is 11.3 Å². The van der Waals surface area contributed by atoms with Crippen molar-refractivity contribution in [2.24, 2.45) is 0 Å². The largest absolute Gasteiger partial charge is 0.269 e. The van der Waals surface area contributed by atoms with Crippen LogP contribution < -0.4 is 9.03 Å². The molecule has 0 atom stereocenters. The van der Waals surface area contributed by atoms with Crippen LogP contribution in [0.1, 0.15) is 5.56 Å². The molecule has 0 spiro atoms. The normalized spacial score (nSPS) is 11.8. The molecule has 0 amide bonds. The first-order valence-electron chi connectivity index (χ1n) is 6.75. The zero-order valence-corrected chi connectivity index (χ0v) is 15.2. The highest BCUT2D eigenvalue weighted by atomic mass is 32.2. The number of thiophene rings is 1. The van der Waals surface area contributed by atoms with Crippen molar-refractivity contribution in [1.82, 2.24) is 4.72 Å². The van der Waals surface area contributed by atoms with Gasteiger partial charge in [0.1, 0.15) is 4.21 Å². The number of hydrogen-bond donors (Lipinski definition) is 1. The van der Waals surface area contributed by atoms with Crippen molar-refractivity contribution in [3.8, 4) is 6.07 Å². The van der Waals surface area contributed by atoms with E-state index in [9.17, 15) is 16.8 Å². The van der Waals surface area contributed by atoms with Gasteiger partial charge in [-0.1, -0.05) is 12.1 Å². The van der Waals surface area contributed by atoms with Crippen LogP contribution in [0.4, 0.5) is 5.69 Å². The van der Waals surface area contributed by atoms with Crippen LogP contribution >= 0.6 is 11.3 Å². The highest BCUT2D eigenvalue weighted by Crippen LogP contribution is 2.19. The molecule has 1 heterocycles. The van der Waals surface area contributed by atoms with E-state index in [1.165, 1.54) is 12.1 Å². The average Bonchev–Trinajstić information content (AvgIpc) is 3.05. The molecule has 0 fully saturated rings. The van der Waals surface area contributed by atoms with E-state index in [4.69, 9.17) is 5.26 Å². The van der Waals surface area contributed by atoms with Gasteiger partial charge in [0.15, 0.2) is 0 Å². The van der Waals surface area contributed by atoms with E-state index in [1.807, 2.05) is 6.07 Å². The number of sulfonamides is 2. The molecule has 0 aliphatic heterocycles. The zero-order chi connectivity index (χ0) is 17.8. The molecule has 0 unspecified atom stereocenters. The molecule has 0 aliphatic carbocycles. The van der Waals surface area contributed by atoms with Crippen molar-refractivity contribution >= 4 is 37.1 Å². The van der Waals surface area contributed by atoms with E-state index in [1.54, 1.807) is 29.6 Å². The summed E-state index contributed by atoms with van der Waals surface area (Å²) in [7, 11) is -7.28. The molecule has 24 heavy (non-hydrogen) atoms. The maximum atomic E-state index is 12.0. The second-order valence-electron chi connectivity index (χ2n) is 4.83. The summed E-state index contributed by atoms with van der Waals surface area (Å²) in [6, 6.07) is 11.2. The second-order valence-corrected chi connectivity index (χ2v) is 9.68. The number of benzene rings is 1. The van der Waals surface area contributed by atoms with Gasteiger partial charge < -0.3 is 0 Å². The summed E-state index contributed by atoms with van der Waals surface area (Å²) in [5, 5.41) is 10.6. The van der Waals surface area contributed by atoms with Crippen molar-refractivity contribution in [2.75, 3.05) is 23.7 Å². The Morgan fingerprint density at radius 3 is 2.54 bits per heavy atom. The van der Waals surface area contributed by atoms with E-state index in [2.05, 4.69) is 4.72 Å². The highest BCUT2D eigenvalue weighted by Gasteiger charge is 2.20. The lowest BCUT2D eigenvalue weighted by Crippen LogP contribution is -2.38. The lowest BCUT2D eigenvalue weighted by molar-refractivity contribution is 0.580. The monoisotopic (exact) mass is 385 g/mol. The van der Waals surface area contributed by atoms with E-state index in [-0.39, 0.29) is 17.3 Å². The van der Waals surface area contributed by atoms with Crippen LogP contribution in [0.3, 0.4) is 0 Å². The van der Waals surface area contributed by atoms with E-state index in [0.29, 0.717) is 11.3 Å². The Morgan fingerprint density at radius 2 is 1.96 bits per heavy atom. The van der Waals surface area contributed by atoms with Crippen LogP contribution in [0.5, 0.6) is 0 Å². The molecule has 1 aromatic carbocycles. The highest BCUT2D eigenvalue weighted by molar-refractivity contribution is 7.92. The summed E-state index contributed by atoms with van der Waals surface area (Å²) in [6.45, 7) is -0.178. The molecule has 0 bridgehead atoms. The van der Waals surface area contributed by atoms with Gasteiger partial charge in [0.05, 0.1) is 23.6 Å². The standard InChI is InChI=1S/C14H15N3O4S3/c1-23(18,19)17(13-5-2-4-12(10-13)11-15)8-7-16-24(20,21)14-6-3-9-22-14/h2-6,9-10,16H,7-8H2,1H3. The van der Waals surface area contributed by atoms with Crippen molar-refractivity contribution in [3.63, 3.8) is 0 Å². The number of nitriles is 1. The fraction of sp³-hybridized carbons (Fsp3) is 0.214. The number of nitrogens with zero attached hydrogens (tertiary/aromatic N) is 2. The van der Waals surface area contributed by atoms with Gasteiger partial charge >= 0.3 is 0 Å². The third-order valence-electron chi connectivity index (χ3n) is 3.03. The van der Waals surface area contributed by atoms with Crippen molar-refractivity contribution in [2.45, 2.75) is 4.21 Å². The SMILES string of the molecule is CS(=O)(=O)N(CCNS(=O)(=O)c1cccs1)c1cccc(C#N)c1. The molecular formula is C14H15N3O4S3. The van der Waals surface area contributed by atoms with Gasteiger partial charge in [-0.25, -0.2) is 21.6 Å². The maximum Gasteiger partial charge on any atom is 0.250 e. The summed E-state index contributed by atoms with van der Waals surface area (Å²) in [5.74, 6) is 0. The molecule has 0 saturated heterocycles. The fourth-order valence-electron chi connectivity index (χ4n) is 1.99. The molecular weight excluding hydrogens is 370 g/mol. The molecule has 0 aliphatic rings. The topological polar surface area (TPSA) is 107 Å². The van der Waals surface area contributed by atoms with Crippen molar-refractivity contribution in [1.29, 1.82) is 5.26 Å². The third kappa shape index (κ3) is 4.55. The van der Waals surface area contributed by atoms with Gasteiger partial charge in [0.25, 0.3) is 0 Å². The van der Waals surface area contributed by atoms with Gasteiger partial charge in [0, 0.05) is 13.1 Å². The van der Waals surface area contributed by atoms with Crippen LogP contribution in [0.25, 0.3) is 0 Å². The minimum absolute atomic E-state index is 0.0850.